The van der Waals surface area contributed by atoms with E-state index in [2.05, 4.69) is 41.3 Å². The van der Waals surface area contributed by atoms with Crippen molar-refractivity contribution < 1.29 is 0 Å². The van der Waals surface area contributed by atoms with Crippen LogP contribution in [0.15, 0.2) is 35.1 Å². The van der Waals surface area contributed by atoms with Gasteiger partial charge in [-0.3, -0.25) is 4.79 Å². The number of anilines is 2. The molecule has 2 N–H and O–H groups in total. The monoisotopic (exact) mass is 243 g/mol. The van der Waals surface area contributed by atoms with Crippen LogP contribution in [0.3, 0.4) is 0 Å². The van der Waals surface area contributed by atoms with E-state index in [1.807, 2.05) is 12.1 Å². The molecule has 4 nitrogen and oxygen atoms in total. The molecule has 4 heteroatoms. The molecule has 0 bridgehead atoms. The predicted molar refractivity (Wildman–Crippen MR) is 73.4 cm³/mol. The lowest BCUT2D eigenvalue weighted by Gasteiger charge is -2.08. The van der Waals surface area contributed by atoms with Crippen molar-refractivity contribution in [3.8, 4) is 0 Å². The predicted octanol–water partition coefficient (Wildman–Crippen LogP) is 2.95. The zero-order valence-electron chi connectivity index (χ0n) is 10.8. The molecule has 0 spiro atoms. The fraction of sp³-hybridized carbons (Fsp3) is 0.286. The highest BCUT2D eigenvalue weighted by atomic mass is 16.1. The maximum absolute atomic E-state index is 11.3. The minimum absolute atomic E-state index is 0.149. The summed E-state index contributed by atoms with van der Waals surface area (Å²) in [5.74, 6) is 1.68. The van der Waals surface area contributed by atoms with Gasteiger partial charge in [0, 0.05) is 11.8 Å². The van der Waals surface area contributed by atoms with Crippen molar-refractivity contribution >= 4 is 11.5 Å². The highest BCUT2D eigenvalue weighted by Gasteiger charge is 2.01. The Labute approximate surface area is 106 Å². The van der Waals surface area contributed by atoms with Crippen LogP contribution in [0.25, 0.3) is 0 Å². The van der Waals surface area contributed by atoms with E-state index >= 15 is 0 Å². The second kappa shape index (κ2) is 5.04. The molecule has 0 amide bonds. The van der Waals surface area contributed by atoms with Crippen molar-refractivity contribution in [2.75, 3.05) is 5.32 Å². The Kier molecular flexibility index (Phi) is 3.46. The summed E-state index contributed by atoms with van der Waals surface area (Å²) >= 11 is 0. The number of nitrogens with one attached hydrogen (secondary N) is 2. The summed E-state index contributed by atoms with van der Waals surface area (Å²) in [6, 6.07) is 9.59. The molecule has 0 unspecified atom stereocenters. The Morgan fingerprint density at radius 1 is 1.22 bits per heavy atom. The minimum atomic E-state index is -0.149. The van der Waals surface area contributed by atoms with Crippen LogP contribution in [0.1, 0.15) is 31.2 Å². The molecule has 1 aromatic carbocycles. The first-order valence-corrected chi connectivity index (χ1v) is 5.99. The van der Waals surface area contributed by atoms with Gasteiger partial charge in [-0.1, -0.05) is 26.0 Å². The number of rotatable bonds is 3. The molecule has 0 atom stereocenters. The summed E-state index contributed by atoms with van der Waals surface area (Å²) in [5, 5.41) is 3.12. The highest BCUT2D eigenvalue weighted by molar-refractivity contribution is 5.56. The van der Waals surface area contributed by atoms with E-state index < -0.39 is 0 Å². The number of H-pyrrole nitrogens is 1. The molecule has 0 fully saturated rings. The number of benzene rings is 1. The first kappa shape index (κ1) is 12.4. The first-order valence-electron chi connectivity index (χ1n) is 5.99. The molecule has 2 aromatic rings. The third-order valence-corrected chi connectivity index (χ3v) is 2.71. The summed E-state index contributed by atoms with van der Waals surface area (Å²) in [5.41, 5.74) is 2.07. The summed E-state index contributed by atoms with van der Waals surface area (Å²) in [6.07, 6.45) is 0. The van der Waals surface area contributed by atoms with Crippen molar-refractivity contribution in [3.63, 3.8) is 0 Å². The molecular weight excluding hydrogens is 226 g/mol. The summed E-state index contributed by atoms with van der Waals surface area (Å²) < 4.78 is 0. The van der Waals surface area contributed by atoms with Gasteiger partial charge in [0.05, 0.1) is 0 Å². The standard InChI is InChI=1S/C14H17N3O/c1-9(2)11-4-6-12(7-5-11)17-13-8-14(18)16-10(3)15-13/h4-9H,1-3H3,(H2,15,16,17,18). The van der Waals surface area contributed by atoms with Crippen molar-refractivity contribution in [3.05, 3.63) is 52.1 Å². The number of aryl methyl sites for hydroxylation is 1. The molecular formula is C14H17N3O. The molecule has 0 aliphatic rings. The third-order valence-electron chi connectivity index (χ3n) is 2.71. The van der Waals surface area contributed by atoms with Crippen LogP contribution in [0.4, 0.5) is 11.5 Å². The van der Waals surface area contributed by atoms with Gasteiger partial charge in [0.15, 0.2) is 0 Å². The molecule has 2 rings (SSSR count). The molecule has 0 saturated heterocycles. The van der Waals surface area contributed by atoms with Gasteiger partial charge in [-0.25, -0.2) is 4.98 Å². The van der Waals surface area contributed by atoms with Crippen molar-refractivity contribution in [1.29, 1.82) is 0 Å². The number of aromatic nitrogens is 2. The van der Waals surface area contributed by atoms with Gasteiger partial charge < -0.3 is 10.3 Å². The smallest absolute Gasteiger partial charge is 0.252 e. The van der Waals surface area contributed by atoms with Gasteiger partial charge in [0.25, 0.3) is 5.56 Å². The summed E-state index contributed by atoms with van der Waals surface area (Å²) in [4.78, 5) is 18.1. The van der Waals surface area contributed by atoms with Crippen LogP contribution in [0.2, 0.25) is 0 Å². The van der Waals surface area contributed by atoms with Gasteiger partial charge in [0.1, 0.15) is 11.6 Å². The van der Waals surface area contributed by atoms with Crippen LogP contribution >= 0.6 is 0 Å². The van der Waals surface area contributed by atoms with Gasteiger partial charge >= 0.3 is 0 Å². The second-order valence-electron chi connectivity index (χ2n) is 4.62. The van der Waals surface area contributed by atoms with E-state index in [1.54, 1.807) is 6.92 Å². The normalized spacial score (nSPS) is 10.7. The Morgan fingerprint density at radius 3 is 2.44 bits per heavy atom. The molecule has 18 heavy (non-hydrogen) atoms. The van der Waals surface area contributed by atoms with E-state index in [-0.39, 0.29) is 5.56 Å². The minimum Gasteiger partial charge on any atom is -0.340 e. The molecule has 0 radical (unpaired) electrons. The van der Waals surface area contributed by atoms with Gasteiger partial charge in [-0.05, 0) is 30.5 Å². The zero-order chi connectivity index (χ0) is 13.1. The number of hydrogen-bond donors (Lipinski definition) is 2. The molecule has 1 heterocycles. The first-order chi connectivity index (χ1) is 8.54. The summed E-state index contributed by atoms with van der Waals surface area (Å²) in [7, 11) is 0. The quantitative estimate of drug-likeness (QED) is 0.871. The average molecular weight is 243 g/mol. The average Bonchev–Trinajstić information content (AvgIpc) is 2.28. The van der Waals surface area contributed by atoms with Crippen LogP contribution in [-0.2, 0) is 0 Å². The lowest BCUT2D eigenvalue weighted by Crippen LogP contribution is -2.09. The van der Waals surface area contributed by atoms with E-state index in [9.17, 15) is 4.79 Å². The van der Waals surface area contributed by atoms with E-state index in [0.717, 1.165) is 5.69 Å². The fourth-order valence-electron chi connectivity index (χ4n) is 1.74. The van der Waals surface area contributed by atoms with Gasteiger partial charge in [-0.15, -0.1) is 0 Å². The molecule has 94 valence electrons. The lowest BCUT2D eigenvalue weighted by molar-refractivity contribution is 0.867. The molecule has 0 saturated carbocycles. The number of hydrogen-bond acceptors (Lipinski definition) is 3. The number of nitrogens with zero attached hydrogens (tertiary/aromatic N) is 1. The molecule has 0 aliphatic carbocycles. The van der Waals surface area contributed by atoms with Crippen molar-refractivity contribution in [2.24, 2.45) is 0 Å². The third kappa shape index (κ3) is 2.97. The maximum Gasteiger partial charge on any atom is 0.252 e. The van der Waals surface area contributed by atoms with E-state index in [4.69, 9.17) is 0 Å². The Balaban J connectivity index is 2.20. The largest absolute Gasteiger partial charge is 0.340 e. The zero-order valence-corrected chi connectivity index (χ0v) is 10.8. The van der Waals surface area contributed by atoms with E-state index in [0.29, 0.717) is 17.6 Å². The van der Waals surface area contributed by atoms with Crippen molar-refractivity contribution in [2.45, 2.75) is 26.7 Å². The Bertz CT molecular complexity index is 585. The van der Waals surface area contributed by atoms with Crippen LogP contribution in [0.5, 0.6) is 0 Å². The number of aromatic amines is 1. The van der Waals surface area contributed by atoms with Crippen LogP contribution in [0, 0.1) is 6.92 Å². The molecule has 1 aromatic heterocycles. The van der Waals surface area contributed by atoms with Crippen LogP contribution < -0.4 is 10.9 Å². The van der Waals surface area contributed by atoms with Crippen molar-refractivity contribution in [1.82, 2.24) is 9.97 Å². The topological polar surface area (TPSA) is 57.8 Å². The molecule has 0 aliphatic heterocycles. The fourth-order valence-corrected chi connectivity index (χ4v) is 1.74. The highest BCUT2D eigenvalue weighted by Crippen LogP contribution is 2.19. The second-order valence-corrected chi connectivity index (χ2v) is 4.62. The van der Waals surface area contributed by atoms with Crippen LogP contribution in [-0.4, -0.2) is 9.97 Å². The maximum atomic E-state index is 11.3. The Hall–Kier alpha value is -2.10. The lowest BCUT2D eigenvalue weighted by atomic mass is 10.0. The van der Waals surface area contributed by atoms with Gasteiger partial charge in [0.2, 0.25) is 0 Å². The SMILES string of the molecule is Cc1nc(Nc2ccc(C(C)C)cc2)cc(=O)[nH]1. The Morgan fingerprint density at radius 2 is 1.89 bits per heavy atom. The van der Waals surface area contributed by atoms with Gasteiger partial charge in [-0.2, -0.15) is 0 Å². The van der Waals surface area contributed by atoms with E-state index in [1.165, 1.54) is 11.6 Å². The summed E-state index contributed by atoms with van der Waals surface area (Å²) in [6.45, 7) is 6.07.